The molecule has 3 aromatic carbocycles. The van der Waals surface area contributed by atoms with E-state index in [0.717, 1.165) is 22.8 Å². The number of halogens is 1. The lowest BCUT2D eigenvalue weighted by Gasteiger charge is -2.11. The molecule has 0 aliphatic rings. The van der Waals surface area contributed by atoms with E-state index in [1.165, 1.54) is 11.8 Å². The Morgan fingerprint density at radius 1 is 1.03 bits per heavy atom. The van der Waals surface area contributed by atoms with E-state index >= 15 is 0 Å². The number of ether oxygens (including phenoxy) is 1. The zero-order valence-corrected chi connectivity index (χ0v) is 18.7. The maximum Gasteiger partial charge on any atom is 0.191 e. The lowest BCUT2D eigenvalue weighted by Crippen LogP contribution is -2.08. The average Bonchev–Trinajstić information content (AvgIpc) is 3.20. The number of carbonyl (C=O) groups is 1. The predicted molar refractivity (Wildman–Crippen MR) is 126 cm³/mol. The van der Waals surface area contributed by atoms with Crippen molar-refractivity contribution in [2.75, 3.05) is 19.5 Å². The molecule has 1 aromatic heterocycles. The molecule has 0 N–H and O–H groups in total. The van der Waals surface area contributed by atoms with Crippen LogP contribution in [0.5, 0.6) is 0 Å². The number of aromatic nitrogens is 3. The molecule has 0 bridgehead atoms. The van der Waals surface area contributed by atoms with Gasteiger partial charge in [0.1, 0.15) is 0 Å². The Morgan fingerprint density at radius 3 is 2.61 bits per heavy atom. The third-order valence-electron chi connectivity index (χ3n) is 4.97. The smallest absolute Gasteiger partial charge is 0.191 e. The molecule has 31 heavy (non-hydrogen) atoms. The molecule has 1 heterocycles. The number of carbonyl (C=O) groups excluding carboxylic acids is 1. The molecule has 0 saturated carbocycles. The van der Waals surface area contributed by atoms with Gasteiger partial charge in [0.05, 0.1) is 10.8 Å². The monoisotopic (exact) mass is 451 g/mol. The second-order valence-electron chi connectivity index (χ2n) is 7.06. The SMILES string of the molecule is COCCCn1c(SCC(=O)c2ccc3ccccc3c2)nnc1-c1ccccc1Cl. The van der Waals surface area contributed by atoms with Gasteiger partial charge in [0.2, 0.25) is 0 Å². The number of rotatable bonds is 9. The van der Waals surface area contributed by atoms with Crippen molar-refractivity contribution < 1.29 is 9.53 Å². The molecule has 0 atom stereocenters. The molecule has 5 nitrogen and oxygen atoms in total. The molecule has 4 rings (SSSR count). The summed E-state index contributed by atoms with van der Waals surface area (Å²) in [6.45, 7) is 1.30. The van der Waals surface area contributed by atoms with Crippen LogP contribution in [-0.2, 0) is 11.3 Å². The van der Waals surface area contributed by atoms with Crippen LogP contribution in [0, 0.1) is 0 Å². The number of methoxy groups -OCH3 is 1. The fourth-order valence-electron chi connectivity index (χ4n) is 3.38. The number of hydrogen-bond acceptors (Lipinski definition) is 5. The van der Waals surface area contributed by atoms with Crippen molar-refractivity contribution in [3.8, 4) is 11.4 Å². The molecule has 0 aliphatic heterocycles. The van der Waals surface area contributed by atoms with Crippen molar-refractivity contribution in [1.82, 2.24) is 14.8 Å². The van der Waals surface area contributed by atoms with Gasteiger partial charge in [-0.05, 0) is 35.4 Å². The van der Waals surface area contributed by atoms with Crippen LogP contribution in [0.3, 0.4) is 0 Å². The molecule has 0 fully saturated rings. The number of fused-ring (bicyclic) bond motifs is 1. The number of nitrogens with zero attached hydrogens (tertiary/aromatic N) is 3. The Kier molecular flexibility index (Phi) is 7.02. The summed E-state index contributed by atoms with van der Waals surface area (Å²) in [5.74, 6) is 1.03. The Bertz CT molecular complexity index is 1210. The second kappa shape index (κ2) is 10.1. The van der Waals surface area contributed by atoms with Crippen LogP contribution in [0.4, 0.5) is 0 Å². The van der Waals surface area contributed by atoms with Gasteiger partial charge < -0.3 is 9.30 Å². The molecule has 0 radical (unpaired) electrons. The molecule has 7 heteroatoms. The van der Waals surface area contributed by atoms with Gasteiger partial charge in [0, 0.05) is 31.4 Å². The first kappa shape index (κ1) is 21.6. The lowest BCUT2D eigenvalue weighted by atomic mass is 10.1. The van der Waals surface area contributed by atoms with Gasteiger partial charge in [-0.2, -0.15) is 0 Å². The highest BCUT2D eigenvalue weighted by molar-refractivity contribution is 7.99. The van der Waals surface area contributed by atoms with E-state index in [4.69, 9.17) is 16.3 Å². The summed E-state index contributed by atoms with van der Waals surface area (Å²) in [5.41, 5.74) is 1.52. The Labute approximate surface area is 190 Å². The standard InChI is InChI=1S/C24H22ClN3O2S/c1-30-14-6-13-28-23(20-9-4-5-10-21(20)25)26-27-24(28)31-16-22(29)19-12-11-17-7-2-3-8-18(17)15-19/h2-5,7-12,15H,6,13-14,16H2,1H3. The maximum absolute atomic E-state index is 12.8. The molecule has 0 aliphatic carbocycles. The van der Waals surface area contributed by atoms with Gasteiger partial charge in [-0.15, -0.1) is 10.2 Å². The maximum atomic E-state index is 12.8. The summed E-state index contributed by atoms with van der Waals surface area (Å²) in [6, 6.07) is 21.4. The zero-order chi connectivity index (χ0) is 21.6. The molecule has 0 unspecified atom stereocenters. The number of thioether (sulfide) groups is 1. The third kappa shape index (κ3) is 4.98. The molecular weight excluding hydrogens is 430 g/mol. The zero-order valence-electron chi connectivity index (χ0n) is 17.1. The Morgan fingerprint density at radius 2 is 1.81 bits per heavy atom. The summed E-state index contributed by atoms with van der Waals surface area (Å²) < 4.78 is 7.21. The first-order valence-electron chi connectivity index (χ1n) is 9.99. The van der Waals surface area contributed by atoms with Gasteiger partial charge in [0.25, 0.3) is 0 Å². The predicted octanol–water partition coefficient (Wildman–Crippen LogP) is 5.76. The van der Waals surface area contributed by atoms with Crippen LogP contribution in [-0.4, -0.2) is 40.0 Å². The van der Waals surface area contributed by atoms with Crippen LogP contribution in [0.2, 0.25) is 5.02 Å². The fourth-order valence-corrected chi connectivity index (χ4v) is 4.46. The van der Waals surface area contributed by atoms with Crippen LogP contribution in [0.25, 0.3) is 22.2 Å². The number of benzene rings is 3. The highest BCUT2D eigenvalue weighted by Crippen LogP contribution is 2.30. The van der Waals surface area contributed by atoms with Crippen molar-refractivity contribution in [2.45, 2.75) is 18.1 Å². The van der Waals surface area contributed by atoms with Gasteiger partial charge in [0.15, 0.2) is 16.8 Å². The summed E-state index contributed by atoms with van der Waals surface area (Å²) >= 11 is 7.78. The van der Waals surface area contributed by atoms with E-state index in [2.05, 4.69) is 10.2 Å². The number of Topliss-reactive ketones (excluding diaryl/α,β-unsaturated/α-hetero) is 1. The molecule has 0 spiro atoms. The van der Waals surface area contributed by atoms with E-state index in [1.54, 1.807) is 7.11 Å². The van der Waals surface area contributed by atoms with E-state index < -0.39 is 0 Å². The van der Waals surface area contributed by atoms with E-state index in [9.17, 15) is 4.79 Å². The van der Waals surface area contributed by atoms with Crippen LogP contribution in [0.15, 0.2) is 71.9 Å². The van der Waals surface area contributed by atoms with E-state index in [1.807, 2.05) is 71.3 Å². The average molecular weight is 452 g/mol. The summed E-state index contributed by atoms with van der Waals surface area (Å²) in [4.78, 5) is 12.8. The van der Waals surface area contributed by atoms with Crippen LogP contribution < -0.4 is 0 Å². The van der Waals surface area contributed by atoms with Crippen molar-refractivity contribution in [2.24, 2.45) is 0 Å². The largest absolute Gasteiger partial charge is 0.385 e. The molecular formula is C24H22ClN3O2S. The second-order valence-corrected chi connectivity index (χ2v) is 8.41. The molecule has 158 valence electrons. The van der Waals surface area contributed by atoms with Crippen LogP contribution in [0.1, 0.15) is 16.8 Å². The van der Waals surface area contributed by atoms with Crippen molar-refractivity contribution in [3.63, 3.8) is 0 Å². The molecule has 0 saturated heterocycles. The Hall–Kier alpha value is -2.67. The van der Waals surface area contributed by atoms with E-state index in [-0.39, 0.29) is 11.5 Å². The van der Waals surface area contributed by atoms with E-state index in [0.29, 0.717) is 34.7 Å². The van der Waals surface area contributed by atoms with Crippen molar-refractivity contribution in [3.05, 3.63) is 77.3 Å². The fraction of sp³-hybridized carbons (Fsp3) is 0.208. The third-order valence-corrected chi connectivity index (χ3v) is 6.26. The normalized spacial score (nSPS) is 11.2. The highest BCUT2D eigenvalue weighted by Gasteiger charge is 2.18. The van der Waals surface area contributed by atoms with Gasteiger partial charge in [-0.3, -0.25) is 4.79 Å². The quantitative estimate of drug-likeness (QED) is 0.184. The van der Waals surface area contributed by atoms with Crippen LogP contribution >= 0.6 is 23.4 Å². The Balaban J connectivity index is 1.55. The molecule has 0 amide bonds. The summed E-state index contributed by atoms with van der Waals surface area (Å²) in [7, 11) is 1.68. The summed E-state index contributed by atoms with van der Waals surface area (Å²) in [6.07, 6.45) is 0.804. The van der Waals surface area contributed by atoms with Gasteiger partial charge in [-0.1, -0.05) is 71.9 Å². The first-order valence-corrected chi connectivity index (χ1v) is 11.4. The molecule has 4 aromatic rings. The van der Waals surface area contributed by atoms with Crippen molar-refractivity contribution in [1.29, 1.82) is 0 Å². The number of ketones is 1. The van der Waals surface area contributed by atoms with Gasteiger partial charge >= 0.3 is 0 Å². The lowest BCUT2D eigenvalue weighted by molar-refractivity contribution is 0.102. The minimum Gasteiger partial charge on any atom is -0.385 e. The highest BCUT2D eigenvalue weighted by atomic mass is 35.5. The topological polar surface area (TPSA) is 57.0 Å². The first-order chi connectivity index (χ1) is 15.2. The van der Waals surface area contributed by atoms with Gasteiger partial charge in [-0.25, -0.2) is 0 Å². The van der Waals surface area contributed by atoms with Crippen molar-refractivity contribution >= 4 is 39.9 Å². The number of hydrogen-bond donors (Lipinski definition) is 0. The minimum absolute atomic E-state index is 0.0569. The summed E-state index contributed by atoms with van der Waals surface area (Å²) in [5, 5.41) is 12.2. The minimum atomic E-state index is 0.0569.